The Labute approximate surface area is 193 Å². The molecule has 2 heterocycles. The van der Waals surface area contributed by atoms with Crippen LogP contribution in [0.25, 0.3) is 0 Å². The van der Waals surface area contributed by atoms with E-state index in [1.54, 1.807) is 0 Å². The van der Waals surface area contributed by atoms with Gasteiger partial charge < -0.3 is 20.3 Å². The number of carboxylic acid groups (broad SMARTS) is 2. The first-order chi connectivity index (χ1) is 16.1. The lowest BCUT2D eigenvalue weighted by atomic mass is 10.2. The van der Waals surface area contributed by atoms with Crippen LogP contribution < -0.4 is 10.1 Å². The second-order valence-electron chi connectivity index (χ2n) is 7.61. The molecule has 9 nitrogen and oxygen atoms in total. The highest BCUT2D eigenvalue weighted by atomic mass is 16.5. The number of carbonyl (C=O) groups is 3. The van der Waals surface area contributed by atoms with Gasteiger partial charge >= 0.3 is 0 Å². The van der Waals surface area contributed by atoms with Crippen LogP contribution in [0.5, 0.6) is 5.75 Å². The van der Waals surface area contributed by atoms with E-state index in [-0.39, 0.29) is 18.9 Å². The van der Waals surface area contributed by atoms with Crippen molar-refractivity contribution in [1.82, 2.24) is 9.80 Å². The van der Waals surface area contributed by atoms with E-state index >= 15 is 0 Å². The van der Waals surface area contributed by atoms with Crippen molar-refractivity contribution in [3.05, 3.63) is 59.7 Å². The molecular formula is C24H31N3O6. The summed E-state index contributed by atoms with van der Waals surface area (Å²) in [6.07, 6.45) is 2.58. The van der Waals surface area contributed by atoms with Crippen molar-refractivity contribution in [2.75, 3.05) is 38.1 Å². The fourth-order valence-electron chi connectivity index (χ4n) is 3.86. The third-order valence-electron chi connectivity index (χ3n) is 5.21. The molecule has 0 spiro atoms. The average molecular weight is 458 g/mol. The van der Waals surface area contributed by atoms with Gasteiger partial charge in [-0.2, -0.15) is 0 Å². The molecule has 2 aliphatic rings. The second kappa shape index (κ2) is 14.6. The lowest BCUT2D eigenvalue weighted by Crippen LogP contribution is -2.34. The summed E-state index contributed by atoms with van der Waals surface area (Å²) in [6.45, 7) is 5.27. The van der Waals surface area contributed by atoms with Crippen LogP contribution in [-0.4, -0.2) is 71.7 Å². The standard InChI is InChI=1S/C22H27N3O2.2CH2O2/c26-22(17-25-12-13-27-21-9-2-1-7-19(21)16-25)23-20-8-5-6-18(14-20)15-24-10-3-4-11-24;2*2-1-3/h1-2,5-9,14H,3-4,10-13,15-17H2,(H,23,26);2*1H,(H,2,3). The molecule has 1 fully saturated rings. The highest BCUT2D eigenvalue weighted by molar-refractivity contribution is 5.92. The predicted molar refractivity (Wildman–Crippen MR) is 124 cm³/mol. The predicted octanol–water partition coefficient (Wildman–Crippen LogP) is 2.52. The summed E-state index contributed by atoms with van der Waals surface area (Å²) in [5.74, 6) is 0.947. The van der Waals surface area contributed by atoms with Crippen LogP contribution in [0.3, 0.4) is 0 Å². The van der Waals surface area contributed by atoms with Crippen molar-refractivity contribution >= 4 is 24.5 Å². The molecule has 178 valence electrons. The zero-order chi connectivity index (χ0) is 23.9. The van der Waals surface area contributed by atoms with Gasteiger partial charge in [0.1, 0.15) is 12.4 Å². The molecule has 0 bridgehead atoms. The number of hydrogen-bond acceptors (Lipinski definition) is 6. The van der Waals surface area contributed by atoms with E-state index in [1.165, 1.54) is 31.5 Å². The Morgan fingerprint density at radius 2 is 1.67 bits per heavy atom. The summed E-state index contributed by atoms with van der Waals surface area (Å²) < 4.78 is 5.78. The normalized spacial score (nSPS) is 15.3. The third-order valence-corrected chi connectivity index (χ3v) is 5.21. The van der Waals surface area contributed by atoms with Crippen molar-refractivity contribution in [2.24, 2.45) is 0 Å². The first-order valence-corrected chi connectivity index (χ1v) is 10.8. The van der Waals surface area contributed by atoms with Gasteiger partial charge in [-0.1, -0.05) is 30.3 Å². The van der Waals surface area contributed by atoms with Gasteiger partial charge in [0, 0.05) is 30.9 Å². The highest BCUT2D eigenvalue weighted by Gasteiger charge is 2.17. The van der Waals surface area contributed by atoms with E-state index < -0.39 is 0 Å². The van der Waals surface area contributed by atoms with Crippen LogP contribution in [0.15, 0.2) is 48.5 Å². The average Bonchev–Trinajstić information content (AvgIpc) is 3.20. The number of amides is 1. The van der Waals surface area contributed by atoms with Gasteiger partial charge in [-0.05, 0) is 49.7 Å². The van der Waals surface area contributed by atoms with E-state index in [4.69, 9.17) is 24.5 Å². The van der Waals surface area contributed by atoms with E-state index in [2.05, 4.69) is 33.3 Å². The topological polar surface area (TPSA) is 119 Å². The van der Waals surface area contributed by atoms with Gasteiger partial charge in [-0.15, -0.1) is 0 Å². The molecule has 2 aliphatic heterocycles. The Kier molecular flexibility index (Phi) is 11.4. The maximum absolute atomic E-state index is 12.6. The van der Waals surface area contributed by atoms with Gasteiger partial charge in [0.25, 0.3) is 12.9 Å². The molecule has 9 heteroatoms. The number of nitrogens with one attached hydrogen (secondary N) is 1. The quantitative estimate of drug-likeness (QED) is 0.586. The first-order valence-electron chi connectivity index (χ1n) is 10.8. The zero-order valence-corrected chi connectivity index (χ0v) is 18.6. The van der Waals surface area contributed by atoms with Gasteiger partial charge in [0.2, 0.25) is 5.91 Å². The smallest absolute Gasteiger partial charge is 0.290 e. The van der Waals surface area contributed by atoms with Gasteiger partial charge in [-0.3, -0.25) is 24.2 Å². The number of ether oxygens (including phenoxy) is 1. The fraction of sp³-hybridized carbons (Fsp3) is 0.375. The molecule has 0 aromatic heterocycles. The van der Waals surface area contributed by atoms with E-state index in [0.717, 1.165) is 36.6 Å². The van der Waals surface area contributed by atoms with Crippen LogP contribution in [-0.2, 0) is 27.5 Å². The maximum atomic E-state index is 12.6. The Balaban J connectivity index is 0.000000582. The van der Waals surface area contributed by atoms with E-state index in [0.29, 0.717) is 13.2 Å². The lowest BCUT2D eigenvalue weighted by molar-refractivity contribution is -0.123. The highest BCUT2D eigenvalue weighted by Crippen LogP contribution is 2.22. The molecule has 0 aliphatic carbocycles. The first kappa shape index (κ1) is 25.8. The number of para-hydroxylation sites is 1. The number of carbonyl (C=O) groups excluding carboxylic acids is 1. The number of nitrogens with zero attached hydrogens (tertiary/aromatic N) is 2. The summed E-state index contributed by atoms with van der Waals surface area (Å²) in [5, 5.41) is 16.8. The zero-order valence-electron chi connectivity index (χ0n) is 18.6. The van der Waals surface area contributed by atoms with E-state index in [9.17, 15) is 4.79 Å². The summed E-state index contributed by atoms with van der Waals surface area (Å²) in [7, 11) is 0. The third kappa shape index (κ3) is 9.30. The van der Waals surface area contributed by atoms with Crippen LogP contribution in [0, 0.1) is 0 Å². The molecule has 0 radical (unpaired) electrons. The minimum absolute atomic E-state index is 0.0210. The molecule has 2 aromatic rings. The Morgan fingerprint density at radius 3 is 2.39 bits per heavy atom. The van der Waals surface area contributed by atoms with Gasteiger partial charge in [-0.25, -0.2) is 0 Å². The molecule has 0 saturated carbocycles. The maximum Gasteiger partial charge on any atom is 0.290 e. The minimum atomic E-state index is -0.250. The number of rotatable bonds is 5. The second-order valence-corrected chi connectivity index (χ2v) is 7.61. The summed E-state index contributed by atoms with van der Waals surface area (Å²) in [5.41, 5.74) is 3.27. The molecule has 4 rings (SSSR count). The molecule has 0 atom stereocenters. The van der Waals surface area contributed by atoms with Crippen molar-refractivity contribution < 1.29 is 29.3 Å². The molecule has 2 aromatic carbocycles. The van der Waals surface area contributed by atoms with Crippen molar-refractivity contribution in [2.45, 2.75) is 25.9 Å². The van der Waals surface area contributed by atoms with E-state index in [1.807, 2.05) is 30.3 Å². The van der Waals surface area contributed by atoms with Crippen LogP contribution >= 0.6 is 0 Å². The van der Waals surface area contributed by atoms with Gasteiger partial charge in [0.05, 0.1) is 6.54 Å². The SMILES string of the molecule is O=C(CN1CCOc2ccccc2C1)Nc1cccc(CN2CCCC2)c1.O=CO.O=CO. The fourth-order valence-corrected chi connectivity index (χ4v) is 3.86. The minimum Gasteiger partial charge on any atom is -0.492 e. The molecule has 1 saturated heterocycles. The Morgan fingerprint density at radius 1 is 0.970 bits per heavy atom. The van der Waals surface area contributed by atoms with Crippen LogP contribution in [0.4, 0.5) is 5.69 Å². The number of hydrogen-bond donors (Lipinski definition) is 3. The molecule has 33 heavy (non-hydrogen) atoms. The number of fused-ring (bicyclic) bond motifs is 1. The molecule has 1 amide bonds. The molecule has 0 unspecified atom stereocenters. The van der Waals surface area contributed by atoms with Crippen LogP contribution in [0.1, 0.15) is 24.0 Å². The number of benzene rings is 2. The monoisotopic (exact) mass is 457 g/mol. The summed E-state index contributed by atoms with van der Waals surface area (Å²) in [6, 6.07) is 16.3. The largest absolute Gasteiger partial charge is 0.492 e. The Bertz CT molecular complexity index is 880. The number of likely N-dealkylation sites (tertiary alicyclic amines) is 1. The summed E-state index contributed by atoms with van der Waals surface area (Å²) >= 11 is 0. The van der Waals surface area contributed by atoms with Crippen molar-refractivity contribution in [3.8, 4) is 5.75 Å². The van der Waals surface area contributed by atoms with Crippen molar-refractivity contribution in [1.29, 1.82) is 0 Å². The van der Waals surface area contributed by atoms with Gasteiger partial charge in [0.15, 0.2) is 0 Å². The lowest BCUT2D eigenvalue weighted by Gasteiger charge is -2.19. The molecular weight excluding hydrogens is 426 g/mol. The molecule has 3 N–H and O–H groups in total. The van der Waals surface area contributed by atoms with Crippen molar-refractivity contribution in [3.63, 3.8) is 0 Å². The number of anilines is 1. The summed E-state index contributed by atoms with van der Waals surface area (Å²) in [4.78, 5) is 33.9. The van der Waals surface area contributed by atoms with Crippen LogP contribution in [0.2, 0.25) is 0 Å². The Hall–Kier alpha value is -3.43.